The molecule has 0 radical (unpaired) electrons. The van der Waals surface area contributed by atoms with Crippen molar-refractivity contribution in [3.63, 3.8) is 0 Å². The van der Waals surface area contributed by atoms with Gasteiger partial charge in [0.1, 0.15) is 0 Å². The van der Waals surface area contributed by atoms with Gasteiger partial charge < -0.3 is 15.6 Å². The highest BCUT2D eigenvalue weighted by atomic mass is 16.1. The van der Waals surface area contributed by atoms with Gasteiger partial charge in [-0.25, -0.2) is 4.98 Å². The van der Waals surface area contributed by atoms with E-state index >= 15 is 0 Å². The van der Waals surface area contributed by atoms with Crippen molar-refractivity contribution >= 4 is 22.9 Å². The van der Waals surface area contributed by atoms with Gasteiger partial charge in [0.25, 0.3) is 0 Å². The number of hydrogen-bond donors (Lipinski definition) is 2. The predicted molar refractivity (Wildman–Crippen MR) is 76.8 cm³/mol. The van der Waals surface area contributed by atoms with Crippen LogP contribution < -0.4 is 11.1 Å². The molecule has 2 aromatic rings. The van der Waals surface area contributed by atoms with Crippen molar-refractivity contribution in [2.45, 2.75) is 39.8 Å². The highest BCUT2D eigenvalue weighted by Crippen LogP contribution is 2.19. The third-order valence-corrected chi connectivity index (χ3v) is 2.95. The normalized spacial score (nSPS) is 11.2. The number of nitrogen functional groups attached to an aromatic ring is 1. The zero-order chi connectivity index (χ0) is 14.0. The van der Waals surface area contributed by atoms with Gasteiger partial charge in [-0.15, -0.1) is 0 Å². The Balaban J connectivity index is 2.16. The number of nitrogens with two attached hydrogens (primary N) is 1. The Morgan fingerprint density at radius 1 is 1.47 bits per heavy atom. The number of rotatable bonds is 4. The SMILES string of the molecule is Cc1ccc2c(c1)nc(N)n2CCC(=O)NC(C)C. The largest absolute Gasteiger partial charge is 0.369 e. The molecule has 1 aromatic heterocycles. The second-order valence-electron chi connectivity index (χ2n) is 5.09. The van der Waals surface area contributed by atoms with Gasteiger partial charge >= 0.3 is 0 Å². The summed E-state index contributed by atoms with van der Waals surface area (Å²) in [6, 6.07) is 6.17. The van der Waals surface area contributed by atoms with Crippen molar-refractivity contribution in [2.24, 2.45) is 0 Å². The summed E-state index contributed by atoms with van der Waals surface area (Å²) in [5.74, 6) is 0.487. The van der Waals surface area contributed by atoms with Crippen molar-refractivity contribution in [1.29, 1.82) is 0 Å². The van der Waals surface area contributed by atoms with Crippen LogP contribution in [0.4, 0.5) is 5.95 Å². The lowest BCUT2D eigenvalue weighted by atomic mass is 10.2. The number of anilines is 1. The maximum Gasteiger partial charge on any atom is 0.221 e. The molecule has 0 fully saturated rings. The van der Waals surface area contributed by atoms with Gasteiger partial charge in [-0.1, -0.05) is 6.07 Å². The van der Waals surface area contributed by atoms with Gasteiger partial charge in [0.15, 0.2) is 0 Å². The summed E-state index contributed by atoms with van der Waals surface area (Å²) >= 11 is 0. The number of benzene rings is 1. The number of hydrogen-bond acceptors (Lipinski definition) is 3. The molecule has 3 N–H and O–H groups in total. The molecule has 0 spiro atoms. The summed E-state index contributed by atoms with van der Waals surface area (Å²) in [7, 11) is 0. The predicted octanol–water partition coefficient (Wildman–Crippen LogP) is 1.84. The first-order valence-corrected chi connectivity index (χ1v) is 6.49. The minimum absolute atomic E-state index is 0.0309. The maximum absolute atomic E-state index is 11.7. The molecule has 2 rings (SSSR count). The van der Waals surface area contributed by atoms with Crippen LogP contribution in [0.1, 0.15) is 25.8 Å². The number of aryl methyl sites for hydroxylation is 2. The summed E-state index contributed by atoms with van der Waals surface area (Å²) in [6.07, 6.45) is 0.404. The number of imidazole rings is 1. The van der Waals surface area contributed by atoms with Gasteiger partial charge in [0.05, 0.1) is 11.0 Å². The number of amides is 1. The van der Waals surface area contributed by atoms with Gasteiger partial charge in [0.2, 0.25) is 11.9 Å². The fraction of sp³-hybridized carbons (Fsp3) is 0.429. The smallest absolute Gasteiger partial charge is 0.221 e. The van der Waals surface area contributed by atoms with Crippen LogP contribution in [0.15, 0.2) is 18.2 Å². The van der Waals surface area contributed by atoms with Crippen LogP contribution in [-0.2, 0) is 11.3 Å². The number of nitrogens with zero attached hydrogens (tertiary/aromatic N) is 2. The van der Waals surface area contributed by atoms with Crippen LogP contribution in [0.25, 0.3) is 11.0 Å². The van der Waals surface area contributed by atoms with Crippen LogP contribution >= 0.6 is 0 Å². The molecule has 102 valence electrons. The molecule has 0 saturated carbocycles. The van der Waals surface area contributed by atoms with Gasteiger partial charge in [0, 0.05) is 19.0 Å². The molecule has 5 heteroatoms. The number of aromatic nitrogens is 2. The Morgan fingerprint density at radius 3 is 2.89 bits per heavy atom. The fourth-order valence-corrected chi connectivity index (χ4v) is 2.10. The molecular weight excluding hydrogens is 240 g/mol. The van der Waals surface area contributed by atoms with E-state index in [9.17, 15) is 4.79 Å². The van der Waals surface area contributed by atoms with Crippen LogP contribution in [0.5, 0.6) is 0 Å². The number of nitrogens with one attached hydrogen (secondary N) is 1. The highest BCUT2D eigenvalue weighted by molar-refractivity contribution is 5.80. The Kier molecular flexibility index (Phi) is 3.74. The standard InChI is InChI=1S/C14H20N4O/c1-9(2)16-13(19)6-7-18-12-5-4-10(3)8-11(12)17-14(18)15/h4-5,8-9H,6-7H2,1-3H3,(H2,15,17)(H,16,19). The Labute approximate surface area is 112 Å². The van der Waals surface area contributed by atoms with E-state index in [0.717, 1.165) is 16.6 Å². The average molecular weight is 260 g/mol. The molecule has 0 aliphatic rings. The molecular formula is C14H20N4O. The first-order chi connectivity index (χ1) is 8.97. The maximum atomic E-state index is 11.7. The summed E-state index contributed by atoms with van der Waals surface area (Å²) in [6.45, 7) is 6.46. The Bertz CT molecular complexity index is 601. The summed E-state index contributed by atoms with van der Waals surface area (Å²) in [4.78, 5) is 16.0. The van der Waals surface area contributed by atoms with Gasteiger partial charge in [-0.3, -0.25) is 4.79 Å². The number of fused-ring (bicyclic) bond motifs is 1. The minimum Gasteiger partial charge on any atom is -0.369 e. The van der Waals surface area contributed by atoms with Crippen LogP contribution in [0.2, 0.25) is 0 Å². The van der Waals surface area contributed by atoms with Crippen molar-refractivity contribution < 1.29 is 4.79 Å². The Morgan fingerprint density at radius 2 is 2.21 bits per heavy atom. The molecule has 0 unspecified atom stereocenters. The van der Waals surface area contributed by atoms with Gasteiger partial charge in [-0.05, 0) is 38.5 Å². The van der Waals surface area contributed by atoms with Crippen LogP contribution in [-0.4, -0.2) is 21.5 Å². The van der Waals surface area contributed by atoms with E-state index < -0.39 is 0 Å². The molecule has 0 aliphatic carbocycles. The van der Waals surface area contributed by atoms with E-state index in [4.69, 9.17) is 5.73 Å². The summed E-state index contributed by atoms with van der Waals surface area (Å²) in [5, 5.41) is 2.87. The van der Waals surface area contributed by atoms with E-state index in [1.165, 1.54) is 0 Å². The lowest BCUT2D eigenvalue weighted by Crippen LogP contribution is -2.30. The average Bonchev–Trinajstić information content (AvgIpc) is 2.60. The third-order valence-electron chi connectivity index (χ3n) is 2.95. The molecule has 1 aromatic carbocycles. The van der Waals surface area contributed by atoms with E-state index in [2.05, 4.69) is 10.3 Å². The zero-order valence-electron chi connectivity index (χ0n) is 11.6. The van der Waals surface area contributed by atoms with Crippen LogP contribution in [0, 0.1) is 6.92 Å². The first kappa shape index (κ1) is 13.4. The van der Waals surface area contributed by atoms with E-state index in [1.807, 2.05) is 43.5 Å². The van der Waals surface area contributed by atoms with Crippen molar-refractivity contribution in [3.8, 4) is 0 Å². The van der Waals surface area contributed by atoms with E-state index in [0.29, 0.717) is 18.9 Å². The van der Waals surface area contributed by atoms with Gasteiger partial charge in [-0.2, -0.15) is 0 Å². The molecule has 1 heterocycles. The van der Waals surface area contributed by atoms with Crippen molar-refractivity contribution in [3.05, 3.63) is 23.8 Å². The number of carbonyl (C=O) groups excluding carboxylic acids is 1. The van der Waals surface area contributed by atoms with E-state index in [1.54, 1.807) is 0 Å². The lowest BCUT2D eigenvalue weighted by molar-refractivity contribution is -0.121. The molecule has 0 bridgehead atoms. The molecule has 5 nitrogen and oxygen atoms in total. The quantitative estimate of drug-likeness (QED) is 0.881. The zero-order valence-corrected chi connectivity index (χ0v) is 11.6. The van der Waals surface area contributed by atoms with Crippen LogP contribution in [0.3, 0.4) is 0 Å². The van der Waals surface area contributed by atoms with E-state index in [-0.39, 0.29) is 11.9 Å². The second-order valence-corrected chi connectivity index (χ2v) is 5.09. The second kappa shape index (κ2) is 5.30. The molecule has 19 heavy (non-hydrogen) atoms. The summed E-state index contributed by atoms with van der Waals surface area (Å²) in [5.41, 5.74) is 8.91. The third kappa shape index (κ3) is 3.05. The summed E-state index contributed by atoms with van der Waals surface area (Å²) < 4.78 is 1.88. The number of carbonyl (C=O) groups is 1. The monoisotopic (exact) mass is 260 g/mol. The first-order valence-electron chi connectivity index (χ1n) is 6.49. The molecule has 0 atom stereocenters. The molecule has 0 saturated heterocycles. The Hall–Kier alpha value is -2.04. The fourth-order valence-electron chi connectivity index (χ4n) is 2.10. The minimum atomic E-state index is 0.0309. The topological polar surface area (TPSA) is 72.9 Å². The lowest BCUT2D eigenvalue weighted by Gasteiger charge is -2.09. The van der Waals surface area contributed by atoms with Crippen molar-refractivity contribution in [2.75, 3.05) is 5.73 Å². The highest BCUT2D eigenvalue weighted by Gasteiger charge is 2.10. The van der Waals surface area contributed by atoms with Crippen molar-refractivity contribution in [1.82, 2.24) is 14.9 Å². The molecule has 0 aliphatic heterocycles. The molecule has 1 amide bonds.